The molecule has 0 spiro atoms. The Morgan fingerprint density at radius 1 is 1.00 bits per heavy atom. The normalized spacial score (nSPS) is 45.2. The van der Waals surface area contributed by atoms with Crippen molar-refractivity contribution in [1.29, 1.82) is 0 Å². The van der Waals surface area contributed by atoms with Gasteiger partial charge in [0, 0.05) is 0 Å². The van der Waals surface area contributed by atoms with Crippen molar-refractivity contribution in [1.82, 2.24) is 0 Å². The molecule has 1 N–H and O–H groups in total. The molecule has 0 unspecified atom stereocenters. The first-order chi connectivity index (χ1) is 6.15. The molecular formula is C12H22O. The summed E-state index contributed by atoms with van der Waals surface area (Å²) in [5, 5.41) is 10.7. The minimum absolute atomic E-state index is 0.309. The average Bonchev–Trinajstić information content (AvgIpc) is 2.02. The molecule has 2 aliphatic carbocycles. The Morgan fingerprint density at radius 3 is 1.62 bits per heavy atom. The summed E-state index contributed by atoms with van der Waals surface area (Å²) in [5.41, 5.74) is -0.309. The van der Waals surface area contributed by atoms with Gasteiger partial charge in [-0.1, -0.05) is 26.7 Å². The van der Waals surface area contributed by atoms with E-state index in [0.717, 1.165) is 0 Å². The van der Waals surface area contributed by atoms with E-state index in [1.165, 1.54) is 38.5 Å². The molecule has 2 aliphatic rings. The Balaban J connectivity index is 2.23. The molecule has 2 rings (SSSR count). The molecule has 0 aromatic heterocycles. The smallest absolute Gasteiger partial charge is 0.0726 e. The Hall–Kier alpha value is -0.0400. The van der Waals surface area contributed by atoms with Crippen LogP contribution >= 0.6 is 0 Å². The summed E-state index contributed by atoms with van der Waals surface area (Å²) in [5.74, 6) is 1.67. The maximum absolute atomic E-state index is 10.7. The number of rotatable bonds is 1. The maximum Gasteiger partial charge on any atom is 0.0726 e. The average molecular weight is 182 g/mol. The number of fused-ring (bicyclic) bond motifs is 2. The van der Waals surface area contributed by atoms with Gasteiger partial charge in [0.2, 0.25) is 0 Å². The monoisotopic (exact) mass is 182 g/mol. The maximum atomic E-state index is 10.7. The van der Waals surface area contributed by atoms with Crippen molar-refractivity contribution < 1.29 is 5.11 Å². The zero-order chi connectivity index (χ0) is 9.47. The highest BCUT2D eigenvalue weighted by molar-refractivity contribution is 5.00. The van der Waals surface area contributed by atoms with E-state index in [1.54, 1.807) is 0 Å². The molecule has 0 radical (unpaired) electrons. The van der Waals surface area contributed by atoms with Crippen LogP contribution in [-0.4, -0.2) is 10.7 Å². The van der Waals surface area contributed by atoms with Crippen LogP contribution in [0.3, 0.4) is 0 Å². The minimum Gasteiger partial charge on any atom is -0.389 e. The van der Waals surface area contributed by atoms with E-state index in [0.29, 0.717) is 17.8 Å². The summed E-state index contributed by atoms with van der Waals surface area (Å²) in [6.45, 7) is 4.38. The standard InChI is InChI=1S/C12H22O/c1-9(2)12(13)10-5-3-6-11(12)8-4-7-10/h9-11,13H,3-8H2,1-2H3. The lowest BCUT2D eigenvalue weighted by Gasteiger charge is -2.52. The van der Waals surface area contributed by atoms with Crippen molar-refractivity contribution in [2.75, 3.05) is 0 Å². The van der Waals surface area contributed by atoms with Gasteiger partial charge in [-0.25, -0.2) is 0 Å². The van der Waals surface area contributed by atoms with E-state index in [9.17, 15) is 5.11 Å². The highest BCUT2D eigenvalue weighted by atomic mass is 16.3. The van der Waals surface area contributed by atoms with E-state index in [-0.39, 0.29) is 5.60 Å². The number of hydrogen-bond donors (Lipinski definition) is 1. The Kier molecular flexibility index (Phi) is 2.39. The van der Waals surface area contributed by atoms with Gasteiger partial charge in [-0.2, -0.15) is 0 Å². The van der Waals surface area contributed by atoms with Crippen LogP contribution in [0.25, 0.3) is 0 Å². The van der Waals surface area contributed by atoms with Gasteiger partial charge in [-0.3, -0.25) is 0 Å². The molecule has 0 saturated heterocycles. The van der Waals surface area contributed by atoms with Crippen molar-refractivity contribution in [2.45, 2.75) is 58.0 Å². The van der Waals surface area contributed by atoms with Gasteiger partial charge in [0.25, 0.3) is 0 Å². The fourth-order valence-corrected chi connectivity index (χ4v) is 3.71. The molecule has 2 bridgehead atoms. The Morgan fingerprint density at radius 2 is 1.38 bits per heavy atom. The Labute approximate surface area is 81.5 Å². The first-order valence-corrected chi connectivity index (χ1v) is 5.88. The predicted octanol–water partition coefficient (Wildman–Crippen LogP) is 2.97. The summed E-state index contributed by atoms with van der Waals surface area (Å²) in [4.78, 5) is 0. The molecule has 0 heterocycles. The van der Waals surface area contributed by atoms with Gasteiger partial charge in [0.1, 0.15) is 0 Å². The molecule has 1 heteroatoms. The molecule has 1 nitrogen and oxygen atoms in total. The lowest BCUT2D eigenvalue weighted by Crippen LogP contribution is -2.54. The molecule has 0 amide bonds. The molecule has 0 aromatic carbocycles. The van der Waals surface area contributed by atoms with E-state index in [1.807, 2.05) is 0 Å². The summed E-state index contributed by atoms with van der Waals surface area (Å²) in [6.07, 6.45) is 7.78. The number of aliphatic hydroxyl groups is 1. The molecule has 0 aromatic rings. The first-order valence-electron chi connectivity index (χ1n) is 5.88. The second kappa shape index (κ2) is 3.27. The van der Waals surface area contributed by atoms with Gasteiger partial charge in [-0.15, -0.1) is 0 Å². The zero-order valence-electron chi connectivity index (χ0n) is 8.92. The van der Waals surface area contributed by atoms with E-state index in [2.05, 4.69) is 13.8 Å². The second-order valence-corrected chi connectivity index (χ2v) is 5.30. The lowest BCUT2D eigenvalue weighted by molar-refractivity contribution is -0.149. The third kappa shape index (κ3) is 1.32. The zero-order valence-corrected chi connectivity index (χ0v) is 8.92. The van der Waals surface area contributed by atoms with Crippen molar-refractivity contribution in [2.24, 2.45) is 17.8 Å². The summed E-state index contributed by atoms with van der Waals surface area (Å²) in [7, 11) is 0. The van der Waals surface area contributed by atoms with E-state index in [4.69, 9.17) is 0 Å². The highest BCUT2D eigenvalue weighted by Crippen LogP contribution is 2.50. The van der Waals surface area contributed by atoms with Gasteiger partial charge in [-0.05, 0) is 43.4 Å². The van der Waals surface area contributed by atoms with Crippen LogP contribution in [0, 0.1) is 17.8 Å². The fraction of sp³-hybridized carbons (Fsp3) is 1.00. The third-order valence-corrected chi connectivity index (χ3v) is 4.44. The van der Waals surface area contributed by atoms with Gasteiger partial charge in [0.15, 0.2) is 0 Å². The molecule has 0 atom stereocenters. The molecule has 2 saturated carbocycles. The Bertz CT molecular complexity index is 164. The van der Waals surface area contributed by atoms with Crippen LogP contribution in [0.5, 0.6) is 0 Å². The fourth-order valence-electron chi connectivity index (χ4n) is 3.71. The van der Waals surface area contributed by atoms with Gasteiger partial charge in [0.05, 0.1) is 5.60 Å². The highest BCUT2D eigenvalue weighted by Gasteiger charge is 2.49. The van der Waals surface area contributed by atoms with Crippen molar-refractivity contribution in [3.63, 3.8) is 0 Å². The van der Waals surface area contributed by atoms with Crippen molar-refractivity contribution in [3.05, 3.63) is 0 Å². The van der Waals surface area contributed by atoms with Crippen LogP contribution < -0.4 is 0 Å². The molecular weight excluding hydrogens is 160 g/mol. The lowest BCUT2D eigenvalue weighted by atomic mass is 9.57. The van der Waals surface area contributed by atoms with E-state index >= 15 is 0 Å². The first kappa shape index (κ1) is 9.51. The summed E-state index contributed by atoms with van der Waals surface area (Å²) < 4.78 is 0. The second-order valence-electron chi connectivity index (χ2n) is 5.30. The topological polar surface area (TPSA) is 20.2 Å². The third-order valence-electron chi connectivity index (χ3n) is 4.44. The molecule has 13 heavy (non-hydrogen) atoms. The van der Waals surface area contributed by atoms with Crippen LogP contribution in [0.15, 0.2) is 0 Å². The summed E-state index contributed by atoms with van der Waals surface area (Å²) >= 11 is 0. The minimum atomic E-state index is -0.309. The van der Waals surface area contributed by atoms with Crippen molar-refractivity contribution >= 4 is 0 Å². The SMILES string of the molecule is CC(C)C1(O)C2CCCC1CCC2. The number of hydrogen-bond acceptors (Lipinski definition) is 1. The molecule has 2 fully saturated rings. The quantitative estimate of drug-likeness (QED) is 0.661. The predicted molar refractivity (Wildman–Crippen MR) is 54.5 cm³/mol. The molecule has 0 aliphatic heterocycles. The van der Waals surface area contributed by atoms with Crippen molar-refractivity contribution in [3.8, 4) is 0 Å². The largest absolute Gasteiger partial charge is 0.389 e. The van der Waals surface area contributed by atoms with Crippen LogP contribution in [-0.2, 0) is 0 Å². The van der Waals surface area contributed by atoms with E-state index < -0.39 is 0 Å². The van der Waals surface area contributed by atoms with Crippen LogP contribution in [0.4, 0.5) is 0 Å². The van der Waals surface area contributed by atoms with Crippen LogP contribution in [0.2, 0.25) is 0 Å². The van der Waals surface area contributed by atoms with Gasteiger partial charge >= 0.3 is 0 Å². The van der Waals surface area contributed by atoms with Gasteiger partial charge < -0.3 is 5.11 Å². The summed E-state index contributed by atoms with van der Waals surface area (Å²) in [6, 6.07) is 0. The van der Waals surface area contributed by atoms with Crippen LogP contribution in [0.1, 0.15) is 52.4 Å². The molecule has 76 valence electrons.